The summed E-state index contributed by atoms with van der Waals surface area (Å²) in [5.41, 5.74) is 2.35. The summed E-state index contributed by atoms with van der Waals surface area (Å²) in [4.78, 5) is 33.2. The molecule has 2 aliphatic heterocycles. The number of benzene rings is 2. The summed E-state index contributed by atoms with van der Waals surface area (Å²) in [6.45, 7) is 1.99. The maximum atomic E-state index is 13.0. The number of hydrogen-bond acceptors (Lipinski definition) is 4. The summed E-state index contributed by atoms with van der Waals surface area (Å²) in [5, 5.41) is 0. The molecule has 5 nitrogen and oxygen atoms in total. The molecule has 2 atom stereocenters. The fraction of sp³-hybridized carbons (Fsp3) is 0.211. The molecule has 0 N–H and O–H groups in total. The second-order valence-electron chi connectivity index (χ2n) is 6.04. The third-order valence-electron chi connectivity index (χ3n) is 4.50. The second-order valence-corrected chi connectivity index (χ2v) is 6.04. The summed E-state index contributed by atoms with van der Waals surface area (Å²) in [5.74, 6) is -0.341. The van der Waals surface area contributed by atoms with Gasteiger partial charge in [-0.05, 0) is 31.2 Å². The fourth-order valence-corrected chi connectivity index (χ4v) is 3.40. The Labute approximate surface area is 140 Å². The topological polar surface area (TPSA) is 53.0 Å². The lowest BCUT2D eigenvalue weighted by molar-refractivity contribution is -0.121. The molecule has 0 spiro atoms. The van der Waals surface area contributed by atoms with Gasteiger partial charge in [0.1, 0.15) is 6.04 Å². The molecule has 2 aliphatic rings. The van der Waals surface area contributed by atoms with E-state index >= 15 is 0 Å². The monoisotopic (exact) mass is 319 g/mol. The Balaban J connectivity index is 1.72. The Hall–Kier alpha value is -2.95. The van der Waals surface area contributed by atoms with Gasteiger partial charge >= 0.3 is 0 Å². The molecule has 0 aliphatic carbocycles. The minimum Gasteiger partial charge on any atom is -0.349 e. The second kappa shape index (κ2) is 5.60. The molecule has 2 unspecified atom stereocenters. The predicted molar refractivity (Wildman–Crippen MR) is 93.9 cm³/mol. The van der Waals surface area contributed by atoms with E-state index in [1.54, 1.807) is 12.1 Å². The van der Waals surface area contributed by atoms with Crippen LogP contribution < -0.4 is 9.80 Å². The fourth-order valence-electron chi connectivity index (χ4n) is 3.40. The minimum absolute atomic E-state index is 0.0441. The number of nitrogens with zero attached hydrogens (tertiary/aromatic N) is 3. The average Bonchev–Trinajstić information content (AvgIpc) is 2.90. The summed E-state index contributed by atoms with van der Waals surface area (Å²) in [7, 11) is 0. The number of anilines is 2. The molecule has 1 fully saturated rings. The van der Waals surface area contributed by atoms with Crippen molar-refractivity contribution >= 4 is 35.1 Å². The van der Waals surface area contributed by atoms with E-state index in [1.807, 2.05) is 60.5 Å². The van der Waals surface area contributed by atoms with Gasteiger partial charge in [0.05, 0.1) is 29.5 Å². The zero-order valence-corrected chi connectivity index (χ0v) is 13.3. The summed E-state index contributed by atoms with van der Waals surface area (Å²) >= 11 is 0. The molecule has 0 saturated carbocycles. The van der Waals surface area contributed by atoms with Gasteiger partial charge in [0.25, 0.3) is 5.91 Å². The van der Waals surface area contributed by atoms with Crippen LogP contribution >= 0.6 is 0 Å². The number of rotatable bonds is 2. The Morgan fingerprint density at radius 3 is 2.50 bits per heavy atom. The minimum atomic E-state index is -0.499. The average molecular weight is 319 g/mol. The number of imide groups is 1. The van der Waals surface area contributed by atoms with E-state index in [0.717, 1.165) is 11.4 Å². The molecular weight excluding hydrogens is 302 g/mol. The molecule has 1 saturated heterocycles. The molecule has 0 radical (unpaired) electrons. The number of para-hydroxylation sites is 3. The van der Waals surface area contributed by atoms with Crippen molar-refractivity contribution < 1.29 is 9.59 Å². The normalized spacial score (nSPS) is 22.9. The Morgan fingerprint density at radius 1 is 1.00 bits per heavy atom. The Morgan fingerprint density at radius 2 is 1.71 bits per heavy atom. The zero-order valence-electron chi connectivity index (χ0n) is 13.3. The maximum Gasteiger partial charge on any atom is 0.257 e. The first-order chi connectivity index (χ1) is 11.7. The van der Waals surface area contributed by atoms with Crippen LogP contribution in [0.5, 0.6) is 0 Å². The van der Waals surface area contributed by atoms with Gasteiger partial charge in [0, 0.05) is 6.21 Å². The predicted octanol–water partition coefficient (Wildman–Crippen LogP) is 2.93. The van der Waals surface area contributed by atoms with Gasteiger partial charge in [-0.1, -0.05) is 30.3 Å². The molecule has 2 aromatic carbocycles. The SMILES string of the molecule is CC1C=Nc2ccccc2N1C1CC(=O)N(c2ccccc2)C1=O. The van der Waals surface area contributed by atoms with Gasteiger partial charge in [0.2, 0.25) is 5.91 Å². The van der Waals surface area contributed by atoms with Crippen molar-refractivity contribution in [2.45, 2.75) is 25.4 Å². The Bertz CT molecular complexity index is 832. The van der Waals surface area contributed by atoms with Crippen LogP contribution in [0.15, 0.2) is 59.6 Å². The summed E-state index contributed by atoms with van der Waals surface area (Å²) in [6, 6.07) is 16.3. The van der Waals surface area contributed by atoms with Crippen molar-refractivity contribution in [3.05, 3.63) is 54.6 Å². The molecule has 0 bridgehead atoms. The van der Waals surface area contributed by atoms with Gasteiger partial charge in [-0.15, -0.1) is 0 Å². The van der Waals surface area contributed by atoms with Crippen LogP contribution in [0.2, 0.25) is 0 Å². The van der Waals surface area contributed by atoms with Gasteiger partial charge in [0.15, 0.2) is 0 Å². The largest absolute Gasteiger partial charge is 0.349 e. The molecule has 2 aromatic rings. The zero-order chi connectivity index (χ0) is 16.7. The molecule has 120 valence electrons. The highest BCUT2D eigenvalue weighted by atomic mass is 16.2. The van der Waals surface area contributed by atoms with Crippen molar-refractivity contribution in [3.8, 4) is 0 Å². The lowest BCUT2D eigenvalue weighted by atomic mass is 10.1. The van der Waals surface area contributed by atoms with Gasteiger partial charge in [-0.2, -0.15) is 0 Å². The highest BCUT2D eigenvalue weighted by Crippen LogP contribution is 2.37. The highest BCUT2D eigenvalue weighted by molar-refractivity contribution is 6.23. The van der Waals surface area contributed by atoms with E-state index in [1.165, 1.54) is 4.90 Å². The smallest absolute Gasteiger partial charge is 0.257 e. The van der Waals surface area contributed by atoms with Crippen LogP contribution in [-0.4, -0.2) is 30.1 Å². The van der Waals surface area contributed by atoms with Crippen molar-refractivity contribution in [3.63, 3.8) is 0 Å². The summed E-state index contributed by atoms with van der Waals surface area (Å²) in [6.07, 6.45) is 2.01. The van der Waals surface area contributed by atoms with Crippen molar-refractivity contribution in [2.75, 3.05) is 9.80 Å². The van der Waals surface area contributed by atoms with Gasteiger partial charge < -0.3 is 4.90 Å². The molecule has 4 rings (SSSR count). The quantitative estimate of drug-likeness (QED) is 0.800. The van der Waals surface area contributed by atoms with Crippen LogP contribution in [0.25, 0.3) is 0 Å². The number of fused-ring (bicyclic) bond motifs is 1. The summed E-state index contributed by atoms with van der Waals surface area (Å²) < 4.78 is 0. The number of hydrogen-bond donors (Lipinski definition) is 0. The highest BCUT2D eigenvalue weighted by Gasteiger charge is 2.44. The molecule has 2 heterocycles. The standard InChI is InChI=1S/C19H17N3O2/c1-13-12-20-15-9-5-6-10-16(15)21(13)17-11-18(23)22(19(17)24)14-7-3-2-4-8-14/h2-10,12-13,17H,11H2,1H3. The lowest BCUT2D eigenvalue weighted by Crippen LogP contribution is -2.48. The van der Waals surface area contributed by atoms with Crippen LogP contribution in [-0.2, 0) is 9.59 Å². The van der Waals surface area contributed by atoms with Crippen molar-refractivity contribution in [2.24, 2.45) is 4.99 Å². The van der Waals surface area contributed by atoms with E-state index < -0.39 is 6.04 Å². The van der Waals surface area contributed by atoms with Crippen molar-refractivity contribution in [1.29, 1.82) is 0 Å². The van der Waals surface area contributed by atoms with Gasteiger partial charge in [-0.3, -0.25) is 14.6 Å². The first-order valence-corrected chi connectivity index (χ1v) is 8.00. The molecular formula is C19H17N3O2. The first kappa shape index (κ1) is 14.6. The molecule has 5 heteroatoms. The first-order valence-electron chi connectivity index (χ1n) is 8.00. The van der Waals surface area contributed by atoms with Crippen LogP contribution in [0, 0.1) is 0 Å². The van der Waals surface area contributed by atoms with Crippen LogP contribution in [0.3, 0.4) is 0 Å². The molecule has 0 aromatic heterocycles. The van der Waals surface area contributed by atoms with Crippen LogP contribution in [0.4, 0.5) is 17.1 Å². The van der Waals surface area contributed by atoms with E-state index in [2.05, 4.69) is 4.99 Å². The number of carbonyl (C=O) groups excluding carboxylic acids is 2. The van der Waals surface area contributed by atoms with E-state index in [4.69, 9.17) is 0 Å². The third kappa shape index (κ3) is 2.21. The lowest BCUT2D eigenvalue weighted by Gasteiger charge is -2.36. The maximum absolute atomic E-state index is 13.0. The van der Waals surface area contributed by atoms with Crippen LogP contribution in [0.1, 0.15) is 13.3 Å². The number of aliphatic imine (C=N–C) groups is 1. The third-order valence-corrected chi connectivity index (χ3v) is 4.50. The van der Waals surface area contributed by atoms with Gasteiger partial charge in [-0.25, -0.2) is 4.90 Å². The van der Waals surface area contributed by atoms with Crippen molar-refractivity contribution in [1.82, 2.24) is 0 Å². The Kier molecular flexibility index (Phi) is 3.41. The molecule has 24 heavy (non-hydrogen) atoms. The van der Waals surface area contributed by atoms with E-state index in [-0.39, 0.29) is 24.3 Å². The van der Waals surface area contributed by atoms with E-state index in [9.17, 15) is 9.59 Å². The van der Waals surface area contributed by atoms with E-state index in [0.29, 0.717) is 5.69 Å². The number of carbonyl (C=O) groups is 2. The number of amides is 2. The molecule has 2 amide bonds.